The summed E-state index contributed by atoms with van der Waals surface area (Å²) in [7, 11) is 0. The number of amides is 1. The normalized spacial score (nSPS) is 12.8. The molecule has 2 unspecified atom stereocenters. The van der Waals surface area contributed by atoms with Crippen molar-refractivity contribution in [2.45, 2.75) is 296 Å². The fraction of sp³-hybridized carbons (Fsp3) is 0.889. The molecule has 0 aromatic heterocycles. The van der Waals surface area contributed by atoms with Gasteiger partial charge < -0.3 is 20.3 Å². The Kier molecular flexibility index (Phi) is 48.6. The minimum Gasteiger partial charge on any atom is -0.466 e. The first-order chi connectivity index (χ1) is 29.5. The lowest BCUT2D eigenvalue weighted by Gasteiger charge is -2.22. The predicted octanol–water partition coefficient (Wildman–Crippen LogP) is 15.9. The van der Waals surface area contributed by atoms with Gasteiger partial charge >= 0.3 is 5.97 Å². The fourth-order valence-corrected chi connectivity index (χ4v) is 8.16. The number of hydrogen-bond acceptors (Lipinski definition) is 5. The summed E-state index contributed by atoms with van der Waals surface area (Å²) < 4.78 is 5.45. The Morgan fingerprint density at radius 2 is 0.817 bits per heavy atom. The lowest BCUT2D eigenvalue weighted by atomic mass is 10.0. The number of allylic oxidation sites excluding steroid dienone is 4. The molecule has 2 atom stereocenters. The first-order valence-electron chi connectivity index (χ1n) is 26.6. The highest BCUT2D eigenvalue weighted by molar-refractivity contribution is 5.76. The number of ether oxygens (including phenoxy) is 1. The van der Waals surface area contributed by atoms with E-state index in [1.165, 1.54) is 173 Å². The van der Waals surface area contributed by atoms with E-state index >= 15 is 0 Å². The fourth-order valence-electron chi connectivity index (χ4n) is 8.16. The van der Waals surface area contributed by atoms with E-state index in [1.807, 2.05) is 0 Å². The first kappa shape index (κ1) is 58.3. The summed E-state index contributed by atoms with van der Waals surface area (Å²) in [6, 6.07) is -0.556. The van der Waals surface area contributed by atoms with E-state index in [1.54, 1.807) is 0 Å². The third-order valence-corrected chi connectivity index (χ3v) is 12.3. The third kappa shape index (κ3) is 45.9. The summed E-state index contributed by atoms with van der Waals surface area (Å²) in [6.07, 6.45) is 58.7. The van der Waals surface area contributed by atoms with Crippen molar-refractivity contribution in [3.8, 4) is 0 Å². The van der Waals surface area contributed by atoms with Crippen LogP contribution >= 0.6 is 0 Å². The standard InChI is InChI=1S/C54H103NO5/c1-3-5-7-9-11-13-15-17-18-21-24-28-32-36-40-44-48-54(59)60-49-45-41-37-33-29-25-22-19-20-23-27-31-35-39-43-47-53(58)55-51(50-56)52(57)46-42-38-34-30-26-16-14-12-10-8-6-4-2/h19,22,25,29,51-52,56-57H,3-18,20-21,23-24,26-28,30-50H2,1-2H3,(H,55,58)/b22-19-,29-25-. The lowest BCUT2D eigenvalue weighted by Crippen LogP contribution is -2.45. The van der Waals surface area contributed by atoms with E-state index in [0.29, 0.717) is 25.9 Å². The molecule has 0 aliphatic heterocycles. The molecule has 3 N–H and O–H groups in total. The van der Waals surface area contributed by atoms with Gasteiger partial charge in [-0.05, 0) is 57.8 Å². The van der Waals surface area contributed by atoms with Gasteiger partial charge in [-0.2, -0.15) is 0 Å². The average Bonchev–Trinajstić information content (AvgIpc) is 3.25. The molecule has 354 valence electrons. The van der Waals surface area contributed by atoms with Crippen molar-refractivity contribution in [1.29, 1.82) is 0 Å². The van der Waals surface area contributed by atoms with Crippen LogP contribution in [0.2, 0.25) is 0 Å². The number of hydrogen-bond donors (Lipinski definition) is 3. The van der Waals surface area contributed by atoms with Crippen molar-refractivity contribution in [3.63, 3.8) is 0 Å². The zero-order chi connectivity index (χ0) is 43.7. The highest BCUT2D eigenvalue weighted by Crippen LogP contribution is 2.16. The van der Waals surface area contributed by atoms with Gasteiger partial charge in [0.2, 0.25) is 5.91 Å². The van der Waals surface area contributed by atoms with Crippen LogP contribution in [-0.4, -0.2) is 47.4 Å². The Hall–Kier alpha value is -1.66. The Labute approximate surface area is 373 Å². The van der Waals surface area contributed by atoms with Gasteiger partial charge in [0.1, 0.15) is 0 Å². The molecule has 0 fully saturated rings. The van der Waals surface area contributed by atoms with E-state index < -0.39 is 12.1 Å². The summed E-state index contributed by atoms with van der Waals surface area (Å²) in [5, 5.41) is 23.1. The second-order valence-electron chi connectivity index (χ2n) is 18.2. The molecule has 0 heterocycles. The summed E-state index contributed by atoms with van der Waals surface area (Å²) in [6.45, 7) is 4.90. The zero-order valence-corrected chi connectivity index (χ0v) is 40.2. The number of carbonyl (C=O) groups is 2. The van der Waals surface area contributed by atoms with Gasteiger partial charge in [-0.1, -0.05) is 237 Å². The van der Waals surface area contributed by atoms with Crippen molar-refractivity contribution in [3.05, 3.63) is 24.3 Å². The first-order valence-corrected chi connectivity index (χ1v) is 26.6. The molecule has 6 nitrogen and oxygen atoms in total. The molecular weight excluding hydrogens is 743 g/mol. The molecule has 0 bridgehead atoms. The molecule has 60 heavy (non-hydrogen) atoms. The van der Waals surface area contributed by atoms with Crippen molar-refractivity contribution in [2.75, 3.05) is 13.2 Å². The van der Waals surface area contributed by atoms with Gasteiger partial charge in [-0.15, -0.1) is 0 Å². The van der Waals surface area contributed by atoms with Crippen LogP contribution < -0.4 is 5.32 Å². The number of esters is 1. The Balaban J connectivity index is 3.50. The Morgan fingerprint density at radius 3 is 1.23 bits per heavy atom. The summed E-state index contributed by atoms with van der Waals surface area (Å²) in [4.78, 5) is 24.5. The highest BCUT2D eigenvalue weighted by Gasteiger charge is 2.20. The lowest BCUT2D eigenvalue weighted by molar-refractivity contribution is -0.143. The second kappa shape index (κ2) is 50.0. The van der Waals surface area contributed by atoms with Crippen LogP contribution in [0.5, 0.6) is 0 Å². The predicted molar refractivity (Wildman–Crippen MR) is 260 cm³/mol. The van der Waals surface area contributed by atoms with Crippen molar-refractivity contribution >= 4 is 11.9 Å². The van der Waals surface area contributed by atoms with Crippen LogP contribution in [0.1, 0.15) is 284 Å². The minimum atomic E-state index is -0.677. The largest absolute Gasteiger partial charge is 0.466 e. The van der Waals surface area contributed by atoms with Gasteiger partial charge in [0, 0.05) is 12.8 Å². The van der Waals surface area contributed by atoms with Gasteiger partial charge in [0.05, 0.1) is 25.4 Å². The number of rotatable bonds is 49. The number of carbonyl (C=O) groups excluding carboxylic acids is 2. The number of unbranched alkanes of at least 4 members (excludes halogenated alkanes) is 35. The van der Waals surface area contributed by atoms with E-state index in [0.717, 1.165) is 77.0 Å². The maximum atomic E-state index is 12.4. The van der Waals surface area contributed by atoms with E-state index in [9.17, 15) is 19.8 Å². The molecule has 0 aromatic rings. The van der Waals surface area contributed by atoms with E-state index in [-0.39, 0.29) is 18.5 Å². The van der Waals surface area contributed by atoms with Gasteiger partial charge in [-0.25, -0.2) is 0 Å². The zero-order valence-electron chi connectivity index (χ0n) is 40.2. The van der Waals surface area contributed by atoms with Crippen LogP contribution in [0, 0.1) is 0 Å². The SMILES string of the molecule is CCCCCCCCCCCCCCCCCCC(=O)OCCCCC/C=C\C=C/CCCCCCCCC(=O)NC(CO)C(O)CCCCCCCCCCCCCC. The molecule has 0 spiro atoms. The molecule has 0 aliphatic rings. The minimum absolute atomic E-state index is 0.0184. The molecule has 0 radical (unpaired) electrons. The molecule has 0 saturated carbocycles. The molecule has 0 saturated heterocycles. The highest BCUT2D eigenvalue weighted by atomic mass is 16.5. The Morgan fingerprint density at radius 1 is 0.467 bits per heavy atom. The van der Waals surface area contributed by atoms with Crippen LogP contribution in [-0.2, 0) is 14.3 Å². The maximum Gasteiger partial charge on any atom is 0.305 e. The van der Waals surface area contributed by atoms with Crippen molar-refractivity contribution in [1.82, 2.24) is 5.32 Å². The third-order valence-electron chi connectivity index (χ3n) is 12.3. The van der Waals surface area contributed by atoms with Crippen LogP contribution in [0.4, 0.5) is 0 Å². The van der Waals surface area contributed by atoms with Crippen molar-refractivity contribution in [2.24, 2.45) is 0 Å². The molecule has 0 aliphatic carbocycles. The number of aliphatic hydroxyl groups is 2. The quantitative estimate of drug-likeness (QED) is 0.0322. The summed E-state index contributed by atoms with van der Waals surface area (Å²) in [5.41, 5.74) is 0. The van der Waals surface area contributed by atoms with Crippen LogP contribution in [0.3, 0.4) is 0 Å². The van der Waals surface area contributed by atoms with E-state index in [2.05, 4.69) is 43.5 Å². The summed E-state index contributed by atoms with van der Waals surface area (Å²) in [5.74, 6) is -0.0762. The molecule has 0 rings (SSSR count). The van der Waals surface area contributed by atoms with Crippen LogP contribution in [0.15, 0.2) is 24.3 Å². The second-order valence-corrected chi connectivity index (χ2v) is 18.2. The molecule has 0 aromatic carbocycles. The van der Waals surface area contributed by atoms with Gasteiger partial charge in [0.25, 0.3) is 0 Å². The monoisotopic (exact) mass is 846 g/mol. The number of aliphatic hydroxyl groups excluding tert-OH is 2. The number of nitrogens with one attached hydrogen (secondary N) is 1. The average molecular weight is 846 g/mol. The topological polar surface area (TPSA) is 95.9 Å². The van der Waals surface area contributed by atoms with Gasteiger partial charge in [-0.3, -0.25) is 9.59 Å². The molecule has 6 heteroatoms. The molecule has 1 amide bonds. The summed E-state index contributed by atoms with van der Waals surface area (Å²) >= 11 is 0. The maximum absolute atomic E-state index is 12.4. The molecular formula is C54H103NO5. The Bertz CT molecular complexity index is 935. The van der Waals surface area contributed by atoms with Crippen molar-refractivity contribution < 1.29 is 24.5 Å². The van der Waals surface area contributed by atoms with E-state index in [4.69, 9.17) is 4.74 Å². The van der Waals surface area contributed by atoms with Crippen LogP contribution in [0.25, 0.3) is 0 Å². The smallest absolute Gasteiger partial charge is 0.305 e. The van der Waals surface area contributed by atoms with Gasteiger partial charge in [0.15, 0.2) is 0 Å².